The molecule has 0 saturated carbocycles. The minimum atomic E-state index is 0.727. The van der Waals surface area contributed by atoms with E-state index in [2.05, 4.69) is 114 Å². The molecule has 3 aromatic heterocycles. The number of allylic oxidation sites excluding steroid dienone is 10. The van der Waals surface area contributed by atoms with Crippen LogP contribution in [0.3, 0.4) is 0 Å². The molecule has 5 nitrogen and oxygen atoms in total. The first-order chi connectivity index (χ1) is 23.8. The van der Waals surface area contributed by atoms with E-state index in [4.69, 9.17) is 20.0 Å². The molecular formula is C43H29N5. The van der Waals surface area contributed by atoms with Gasteiger partial charge in [0.1, 0.15) is 0 Å². The molecular weight excluding hydrogens is 587 g/mol. The second kappa shape index (κ2) is 11.7. The topological polar surface area (TPSA) is 66.3 Å². The van der Waals surface area contributed by atoms with E-state index >= 15 is 0 Å². The Kier molecular flexibility index (Phi) is 6.79. The van der Waals surface area contributed by atoms with Gasteiger partial charge in [0.15, 0.2) is 0 Å². The highest BCUT2D eigenvalue weighted by atomic mass is 14.8. The fourth-order valence-electron chi connectivity index (χ4n) is 6.87. The molecule has 0 unspecified atom stereocenters. The molecule has 1 N–H and O–H groups in total. The van der Waals surface area contributed by atoms with Crippen LogP contribution in [0, 0.1) is 0 Å². The Morgan fingerprint density at radius 1 is 0.438 bits per heavy atom. The summed E-state index contributed by atoms with van der Waals surface area (Å²) in [4.78, 5) is 24.0. The van der Waals surface area contributed by atoms with E-state index in [9.17, 15) is 0 Å². The van der Waals surface area contributed by atoms with E-state index in [-0.39, 0.29) is 0 Å². The lowest BCUT2D eigenvalue weighted by molar-refractivity contribution is 1.20. The average molecular weight is 616 g/mol. The van der Waals surface area contributed by atoms with Crippen LogP contribution in [0.2, 0.25) is 0 Å². The second-order valence-corrected chi connectivity index (χ2v) is 11.9. The highest BCUT2D eigenvalue weighted by Crippen LogP contribution is 2.42. The smallest absolute Gasteiger partial charge is 0.0753 e. The molecule has 0 spiro atoms. The van der Waals surface area contributed by atoms with Crippen molar-refractivity contribution < 1.29 is 0 Å². The van der Waals surface area contributed by atoms with E-state index < -0.39 is 0 Å². The molecule has 2 aromatic carbocycles. The summed E-state index contributed by atoms with van der Waals surface area (Å²) in [5, 5.41) is 1.90. The molecule has 0 amide bonds. The standard InChI is InChI=1S/C43H29N5/c1-3-11-28(12-4-1)40-30-17-18-31(27-30)42(32-15-7-9-25-44-32)37-21-20-35(47-37)41(29-13-5-2-6-14-29)36-22-24-39(48-36)43(33-16-8-10-26-45-33)38-23-19-34(40)46-38/h1-26,48H,27H2/b40-30?,40-34-,41-35?,41-36-,42-31?,42-37+,43-38?,43-39-. The number of H-pyrrole nitrogens is 1. The molecule has 5 aromatic rings. The summed E-state index contributed by atoms with van der Waals surface area (Å²) in [7, 11) is 0. The van der Waals surface area contributed by atoms with Gasteiger partial charge in [0.2, 0.25) is 0 Å². The molecule has 48 heavy (non-hydrogen) atoms. The first-order valence-electron chi connectivity index (χ1n) is 16.1. The Hall–Kier alpha value is -6.46. The first-order valence-corrected chi connectivity index (χ1v) is 16.1. The van der Waals surface area contributed by atoms with Crippen LogP contribution in [0.1, 0.15) is 28.9 Å². The van der Waals surface area contributed by atoms with Crippen LogP contribution in [0.4, 0.5) is 0 Å². The summed E-state index contributed by atoms with van der Waals surface area (Å²) in [6.07, 6.45) is 17.4. The maximum atomic E-state index is 5.34. The largest absolute Gasteiger partial charge is 0.354 e. The Bertz CT molecular complexity index is 2300. The zero-order chi connectivity index (χ0) is 31.9. The molecule has 4 aliphatic rings. The average Bonchev–Trinajstić information content (AvgIpc) is 3.98. The number of aromatic nitrogens is 3. The highest BCUT2D eigenvalue weighted by molar-refractivity contribution is 6.31. The monoisotopic (exact) mass is 615 g/mol. The van der Waals surface area contributed by atoms with Gasteiger partial charge in [-0.1, -0.05) is 84.9 Å². The Morgan fingerprint density at radius 3 is 1.54 bits per heavy atom. The van der Waals surface area contributed by atoms with Crippen molar-refractivity contribution in [2.45, 2.75) is 6.42 Å². The normalized spacial score (nSPS) is 22.0. The number of hydrogen-bond acceptors (Lipinski definition) is 4. The summed E-state index contributed by atoms with van der Waals surface area (Å²) in [5.74, 6) is 0. The molecule has 1 aliphatic carbocycles. The predicted octanol–water partition coefficient (Wildman–Crippen LogP) is 7.32. The van der Waals surface area contributed by atoms with Crippen LogP contribution >= 0.6 is 0 Å². The Balaban J connectivity index is 1.39. The van der Waals surface area contributed by atoms with E-state index in [1.165, 1.54) is 11.1 Å². The summed E-state index contributed by atoms with van der Waals surface area (Å²) >= 11 is 0. The zero-order valence-corrected chi connectivity index (χ0v) is 26.0. The fraction of sp³-hybridized carbons (Fsp3) is 0.0233. The van der Waals surface area contributed by atoms with Crippen molar-refractivity contribution in [3.05, 3.63) is 214 Å². The minimum absolute atomic E-state index is 0.727. The number of nitrogens with one attached hydrogen (secondary N) is 1. The van der Waals surface area contributed by atoms with Gasteiger partial charge in [0, 0.05) is 40.0 Å². The molecule has 0 atom stereocenters. The number of hydrogen-bond donors (Lipinski definition) is 1. The van der Waals surface area contributed by atoms with Crippen molar-refractivity contribution in [1.29, 1.82) is 0 Å². The van der Waals surface area contributed by atoms with Crippen LogP contribution in [-0.2, 0) is 0 Å². The first kappa shape index (κ1) is 27.8. The molecule has 0 saturated heterocycles. The van der Waals surface area contributed by atoms with Gasteiger partial charge in [-0.2, -0.15) is 0 Å². The third kappa shape index (κ3) is 4.89. The number of pyridine rings is 2. The Labute approximate surface area is 278 Å². The van der Waals surface area contributed by atoms with E-state index in [0.29, 0.717) is 0 Å². The van der Waals surface area contributed by atoms with Crippen molar-refractivity contribution in [2.75, 3.05) is 0 Å². The lowest BCUT2D eigenvalue weighted by atomic mass is 9.91. The number of aliphatic imine (C=N–C) groups is 2. The fourth-order valence-corrected chi connectivity index (χ4v) is 6.87. The minimum Gasteiger partial charge on any atom is -0.354 e. The molecule has 8 bridgehead atoms. The van der Waals surface area contributed by atoms with Gasteiger partial charge in [-0.25, -0.2) is 9.98 Å². The molecule has 9 rings (SSSR count). The lowest BCUT2D eigenvalue weighted by Gasteiger charge is -2.15. The van der Waals surface area contributed by atoms with Crippen molar-refractivity contribution in [1.82, 2.24) is 15.0 Å². The van der Waals surface area contributed by atoms with Gasteiger partial charge in [0.05, 0.1) is 39.6 Å². The quantitative estimate of drug-likeness (QED) is 0.230. The van der Waals surface area contributed by atoms with Crippen LogP contribution in [0.5, 0.6) is 0 Å². The van der Waals surface area contributed by atoms with Gasteiger partial charge in [-0.3, -0.25) is 9.97 Å². The van der Waals surface area contributed by atoms with Gasteiger partial charge < -0.3 is 4.98 Å². The van der Waals surface area contributed by atoms with Gasteiger partial charge in [-0.15, -0.1) is 0 Å². The van der Waals surface area contributed by atoms with Gasteiger partial charge in [-0.05, 0) is 89.4 Å². The number of fused-ring (bicyclic) bond motifs is 6. The van der Waals surface area contributed by atoms with Crippen molar-refractivity contribution in [2.24, 2.45) is 9.98 Å². The van der Waals surface area contributed by atoms with Crippen LogP contribution < -0.4 is 10.7 Å². The molecule has 6 heterocycles. The molecule has 5 heteroatoms. The number of nitrogens with zero attached hydrogens (tertiary/aromatic N) is 4. The van der Waals surface area contributed by atoms with Crippen LogP contribution in [0.25, 0.3) is 22.3 Å². The summed E-state index contributed by atoms with van der Waals surface area (Å²) in [6.45, 7) is 0. The van der Waals surface area contributed by atoms with Crippen LogP contribution in [0.15, 0.2) is 191 Å². The third-order valence-corrected chi connectivity index (χ3v) is 9.01. The molecule has 0 fully saturated rings. The van der Waals surface area contributed by atoms with Gasteiger partial charge in [0.25, 0.3) is 0 Å². The number of aromatic amines is 1. The highest BCUT2D eigenvalue weighted by Gasteiger charge is 2.26. The molecule has 226 valence electrons. The van der Waals surface area contributed by atoms with E-state index in [1.807, 2.05) is 48.8 Å². The van der Waals surface area contributed by atoms with Gasteiger partial charge >= 0.3 is 0 Å². The lowest BCUT2D eigenvalue weighted by Crippen LogP contribution is -2.21. The SMILES string of the molecule is C1=C/C2=C(\c3ccccn3)C3=CC=C(C3)/C(c3ccccc3)=C3/C=CC(=N3)/C(c3ccccn3)=c3/cc/c([nH]3)=C(\c3ccccc3)C1=N2. The Morgan fingerprint density at radius 2 is 0.938 bits per heavy atom. The number of benzene rings is 2. The maximum absolute atomic E-state index is 5.34. The summed E-state index contributed by atoms with van der Waals surface area (Å²) < 4.78 is 0. The van der Waals surface area contributed by atoms with Crippen molar-refractivity contribution in [3.63, 3.8) is 0 Å². The zero-order valence-electron chi connectivity index (χ0n) is 26.0. The van der Waals surface area contributed by atoms with E-state index in [0.717, 1.165) is 84.7 Å². The summed E-state index contributed by atoms with van der Waals surface area (Å²) in [6, 6.07) is 37.3. The second-order valence-electron chi connectivity index (χ2n) is 11.9. The van der Waals surface area contributed by atoms with Crippen molar-refractivity contribution in [3.8, 4) is 0 Å². The molecule has 3 aliphatic heterocycles. The van der Waals surface area contributed by atoms with Crippen molar-refractivity contribution >= 4 is 33.7 Å². The maximum Gasteiger partial charge on any atom is 0.0753 e. The third-order valence-electron chi connectivity index (χ3n) is 9.01. The summed E-state index contributed by atoms with van der Waals surface area (Å²) in [5.41, 5.74) is 14.0. The predicted molar refractivity (Wildman–Crippen MR) is 194 cm³/mol. The van der Waals surface area contributed by atoms with E-state index in [1.54, 1.807) is 0 Å². The molecule has 0 radical (unpaired) electrons. The van der Waals surface area contributed by atoms with Crippen LogP contribution in [-0.4, -0.2) is 26.4 Å². The number of rotatable bonds is 4.